The Balaban J connectivity index is 2.20. The van der Waals surface area contributed by atoms with Gasteiger partial charge in [-0.05, 0) is 20.3 Å². The molecular formula is C13H18N4O5S. The van der Waals surface area contributed by atoms with Crippen LogP contribution in [0.3, 0.4) is 0 Å². The maximum absolute atomic E-state index is 12.4. The number of H-pyrrole nitrogens is 1. The smallest absolute Gasteiger partial charge is 0.311 e. The van der Waals surface area contributed by atoms with Crippen molar-refractivity contribution in [2.75, 3.05) is 12.3 Å². The van der Waals surface area contributed by atoms with Crippen LogP contribution in [0.4, 0.5) is 5.95 Å². The monoisotopic (exact) mass is 342 g/mol. The molecule has 0 aromatic carbocycles. The zero-order valence-electron chi connectivity index (χ0n) is 12.6. The molecule has 5 N–H and O–H groups in total. The summed E-state index contributed by atoms with van der Waals surface area (Å²) in [4.78, 5) is 30.3. The van der Waals surface area contributed by atoms with E-state index in [1.54, 1.807) is 13.8 Å². The van der Waals surface area contributed by atoms with Crippen molar-refractivity contribution >= 4 is 27.6 Å². The van der Waals surface area contributed by atoms with Crippen LogP contribution >= 0.6 is 11.3 Å². The summed E-state index contributed by atoms with van der Waals surface area (Å²) in [6.07, 6.45) is -0.952. The van der Waals surface area contributed by atoms with Crippen LogP contribution in [-0.2, 0) is 4.74 Å². The molecule has 0 saturated carbocycles. The molecule has 0 spiro atoms. The summed E-state index contributed by atoms with van der Waals surface area (Å²) in [5, 5.41) is 19.7. The average Bonchev–Trinajstić information content (AvgIpc) is 2.99. The number of rotatable bonds is 3. The number of fused-ring (bicyclic) bond motifs is 1. The highest BCUT2D eigenvalue weighted by atomic mass is 32.1. The van der Waals surface area contributed by atoms with Gasteiger partial charge in [0, 0.05) is 5.92 Å². The number of nitrogens with two attached hydrogens (primary N) is 1. The minimum absolute atomic E-state index is 0.106. The summed E-state index contributed by atoms with van der Waals surface area (Å²) in [5.41, 5.74) is 4.05. The number of anilines is 1. The second kappa shape index (κ2) is 5.41. The molecule has 9 nitrogen and oxygen atoms in total. The fourth-order valence-corrected chi connectivity index (χ4v) is 3.76. The SMILES string of the molecule is CC(C)(O)[C@@H]1C[C@@H](CO)O[C@H]1n1c(=O)sc2c(=O)[nH]c(N)nc21. The first kappa shape index (κ1) is 16.1. The molecule has 0 amide bonds. The van der Waals surface area contributed by atoms with Crippen LogP contribution in [0.25, 0.3) is 10.3 Å². The molecule has 0 unspecified atom stereocenters. The fourth-order valence-electron chi connectivity index (χ4n) is 2.91. The van der Waals surface area contributed by atoms with Gasteiger partial charge in [-0.25, -0.2) is 0 Å². The minimum Gasteiger partial charge on any atom is -0.394 e. The van der Waals surface area contributed by atoms with E-state index in [9.17, 15) is 19.8 Å². The van der Waals surface area contributed by atoms with Crippen molar-refractivity contribution in [1.82, 2.24) is 14.5 Å². The molecule has 1 aliphatic heterocycles. The second-order valence-electron chi connectivity index (χ2n) is 6.17. The zero-order valence-corrected chi connectivity index (χ0v) is 13.5. The standard InChI is InChI=1S/C13H18N4O5S/c1-13(2,21)6-3-5(4-18)22-10(6)17-8-7(23-12(17)20)9(19)16-11(14)15-8/h5-6,10,18,21H,3-4H2,1-2H3,(H3,14,15,16,19)/t5-,6+,10+/m0/s1. The lowest BCUT2D eigenvalue weighted by Gasteiger charge is -2.29. The van der Waals surface area contributed by atoms with E-state index in [0.717, 1.165) is 11.3 Å². The molecule has 1 aliphatic rings. The van der Waals surface area contributed by atoms with Gasteiger partial charge < -0.3 is 20.7 Å². The molecule has 23 heavy (non-hydrogen) atoms. The largest absolute Gasteiger partial charge is 0.394 e. The van der Waals surface area contributed by atoms with Gasteiger partial charge in [-0.2, -0.15) is 4.98 Å². The van der Waals surface area contributed by atoms with Crippen molar-refractivity contribution in [1.29, 1.82) is 0 Å². The molecule has 126 valence electrons. The second-order valence-corrected chi connectivity index (χ2v) is 7.13. The number of nitrogens with zero attached hydrogens (tertiary/aromatic N) is 2. The lowest BCUT2D eigenvalue weighted by Crippen LogP contribution is -2.37. The lowest BCUT2D eigenvalue weighted by atomic mass is 9.87. The summed E-state index contributed by atoms with van der Waals surface area (Å²) in [5.74, 6) is -0.553. The highest BCUT2D eigenvalue weighted by Gasteiger charge is 2.45. The first-order chi connectivity index (χ1) is 10.7. The predicted octanol–water partition coefficient (Wildman–Crippen LogP) is -0.605. The molecule has 2 aromatic heterocycles. The van der Waals surface area contributed by atoms with Gasteiger partial charge >= 0.3 is 4.87 Å². The van der Waals surface area contributed by atoms with Crippen molar-refractivity contribution in [3.63, 3.8) is 0 Å². The molecule has 0 radical (unpaired) electrons. The highest BCUT2D eigenvalue weighted by Crippen LogP contribution is 2.41. The number of hydrogen-bond acceptors (Lipinski definition) is 8. The Morgan fingerprint density at radius 3 is 2.83 bits per heavy atom. The van der Waals surface area contributed by atoms with Gasteiger partial charge in [-0.15, -0.1) is 0 Å². The highest BCUT2D eigenvalue weighted by molar-refractivity contribution is 7.16. The maximum Gasteiger partial charge on any atom is 0.311 e. The number of ether oxygens (including phenoxy) is 1. The van der Waals surface area contributed by atoms with Gasteiger partial charge in [0.1, 0.15) is 10.9 Å². The van der Waals surface area contributed by atoms with E-state index >= 15 is 0 Å². The number of aromatic amines is 1. The number of nitrogens with one attached hydrogen (secondary N) is 1. The quantitative estimate of drug-likeness (QED) is 0.583. The Hall–Kier alpha value is -1.75. The third-order valence-corrected chi connectivity index (χ3v) is 4.99. The molecule has 0 bridgehead atoms. The molecule has 1 saturated heterocycles. The number of aliphatic hydroxyl groups is 2. The normalized spacial score (nSPS) is 25.3. The van der Waals surface area contributed by atoms with Crippen LogP contribution in [0.5, 0.6) is 0 Å². The van der Waals surface area contributed by atoms with Gasteiger partial charge in [-0.3, -0.25) is 19.1 Å². The topological polar surface area (TPSA) is 143 Å². The Morgan fingerprint density at radius 2 is 2.22 bits per heavy atom. The summed E-state index contributed by atoms with van der Waals surface area (Å²) in [7, 11) is 0. The van der Waals surface area contributed by atoms with Crippen LogP contribution in [0.1, 0.15) is 26.5 Å². The maximum atomic E-state index is 12.4. The third-order valence-electron chi connectivity index (χ3n) is 4.05. The van der Waals surface area contributed by atoms with Crippen LogP contribution in [0, 0.1) is 5.92 Å². The molecule has 3 rings (SSSR count). The van der Waals surface area contributed by atoms with E-state index in [4.69, 9.17) is 10.5 Å². The number of thiazole rings is 1. The summed E-state index contributed by atoms with van der Waals surface area (Å²) in [6.45, 7) is 3.00. The summed E-state index contributed by atoms with van der Waals surface area (Å²) >= 11 is 0.744. The Bertz CT molecular complexity index is 849. The predicted molar refractivity (Wildman–Crippen MR) is 84.3 cm³/mol. The van der Waals surface area contributed by atoms with E-state index in [2.05, 4.69) is 9.97 Å². The fraction of sp³-hybridized carbons (Fsp3) is 0.615. The Kier molecular flexibility index (Phi) is 3.79. The minimum atomic E-state index is -1.14. The van der Waals surface area contributed by atoms with Gasteiger partial charge in [-0.1, -0.05) is 11.3 Å². The van der Waals surface area contributed by atoms with Crippen molar-refractivity contribution in [2.24, 2.45) is 5.92 Å². The number of aliphatic hydroxyl groups excluding tert-OH is 1. The number of hydrogen-bond donors (Lipinski definition) is 4. The molecule has 10 heteroatoms. The molecule has 1 fully saturated rings. The number of nitrogen functional groups attached to an aromatic ring is 1. The first-order valence-electron chi connectivity index (χ1n) is 7.12. The molecular weight excluding hydrogens is 324 g/mol. The van der Waals surface area contributed by atoms with Crippen molar-refractivity contribution in [2.45, 2.75) is 38.2 Å². The van der Waals surface area contributed by atoms with Gasteiger partial charge in [0.15, 0.2) is 5.65 Å². The third kappa shape index (κ3) is 2.67. The van der Waals surface area contributed by atoms with Crippen LogP contribution in [0.2, 0.25) is 0 Å². The zero-order chi connectivity index (χ0) is 16.9. The van der Waals surface area contributed by atoms with E-state index in [-0.39, 0.29) is 22.9 Å². The Morgan fingerprint density at radius 1 is 1.52 bits per heavy atom. The average molecular weight is 342 g/mol. The summed E-state index contributed by atoms with van der Waals surface area (Å²) in [6, 6.07) is 0. The van der Waals surface area contributed by atoms with Crippen LogP contribution in [0.15, 0.2) is 9.59 Å². The van der Waals surface area contributed by atoms with E-state index in [1.165, 1.54) is 4.57 Å². The van der Waals surface area contributed by atoms with Crippen molar-refractivity contribution in [3.05, 3.63) is 20.0 Å². The summed E-state index contributed by atoms with van der Waals surface area (Å²) < 4.78 is 7.12. The van der Waals surface area contributed by atoms with Crippen molar-refractivity contribution in [3.8, 4) is 0 Å². The van der Waals surface area contributed by atoms with E-state index in [0.29, 0.717) is 6.42 Å². The molecule has 0 aliphatic carbocycles. The van der Waals surface area contributed by atoms with E-state index < -0.39 is 34.3 Å². The van der Waals surface area contributed by atoms with Crippen molar-refractivity contribution < 1.29 is 14.9 Å². The van der Waals surface area contributed by atoms with Gasteiger partial charge in [0.2, 0.25) is 5.95 Å². The van der Waals surface area contributed by atoms with E-state index in [1.807, 2.05) is 0 Å². The lowest BCUT2D eigenvalue weighted by molar-refractivity contribution is -0.0723. The molecule has 3 heterocycles. The molecule has 3 atom stereocenters. The van der Waals surface area contributed by atoms with Gasteiger partial charge in [0.25, 0.3) is 5.56 Å². The van der Waals surface area contributed by atoms with Gasteiger partial charge in [0.05, 0.1) is 18.3 Å². The van der Waals surface area contributed by atoms with Crippen LogP contribution < -0.4 is 16.2 Å². The number of aromatic nitrogens is 3. The Labute approximate surface area is 134 Å². The van der Waals surface area contributed by atoms with Crippen LogP contribution in [-0.4, -0.2) is 43.1 Å². The molecule has 2 aromatic rings. The first-order valence-corrected chi connectivity index (χ1v) is 7.93.